The number of hydrogen-bond donors (Lipinski definition) is 0. The topological polar surface area (TPSA) is 30.0 Å². The van der Waals surface area contributed by atoms with Gasteiger partial charge in [0.15, 0.2) is 4.34 Å². The summed E-state index contributed by atoms with van der Waals surface area (Å²) in [4.78, 5) is 15.6. The quantitative estimate of drug-likeness (QED) is 0.486. The van der Waals surface area contributed by atoms with Gasteiger partial charge >= 0.3 is 17.4 Å². The number of thiazole rings is 1. The van der Waals surface area contributed by atoms with Gasteiger partial charge in [0, 0.05) is 0 Å². The number of halogens is 7. The van der Waals surface area contributed by atoms with Crippen LogP contribution in [0.2, 0.25) is 0 Å². The largest absolute Gasteiger partial charge is 0.460 e. The minimum absolute atomic E-state index is 0.188. The van der Waals surface area contributed by atoms with Gasteiger partial charge in [0.05, 0.1) is 16.0 Å². The van der Waals surface area contributed by atoms with E-state index in [2.05, 4.69) is 4.98 Å². The number of rotatable bonds is 5. The van der Waals surface area contributed by atoms with Crippen molar-refractivity contribution in [3.63, 3.8) is 0 Å². The highest BCUT2D eigenvalue weighted by molar-refractivity contribution is 8.17. The number of aromatic nitrogens is 1. The molecule has 0 atom stereocenters. The Balaban J connectivity index is 2.00. The molecule has 0 N–H and O–H groups in total. The maximum Gasteiger partial charge on any atom is 0.460 e. The van der Waals surface area contributed by atoms with E-state index >= 15 is 0 Å². The van der Waals surface area contributed by atoms with Crippen LogP contribution in [0.1, 0.15) is 0 Å². The van der Waals surface area contributed by atoms with Gasteiger partial charge in [-0.2, -0.15) is 30.7 Å². The second kappa shape index (κ2) is 6.71. The van der Waals surface area contributed by atoms with Gasteiger partial charge in [0.2, 0.25) is 5.12 Å². The minimum atomic E-state index is -6.41. The van der Waals surface area contributed by atoms with Gasteiger partial charge in [-0.1, -0.05) is 23.9 Å². The van der Waals surface area contributed by atoms with Gasteiger partial charge in [0.1, 0.15) is 0 Å². The third kappa shape index (κ3) is 3.97. The number of thioether (sulfide) groups is 2. The van der Waals surface area contributed by atoms with Crippen LogP contribution >= 0.6 is 34.9 Å². The molecule has 0 spiro atoms. The summed E-state index contributed by atoms with van der Waals surface area (Å²) in [5.74, 6) is -7.45. The lowest BCUT2D eigenvalue weighted by molar-refractivity contribution is -0.330. The number of fused-ring (bicyclic) bond motifs is 1. The fourth-order valence-electron chi connectivity index (χ4n) is 1.43. The van der Waals surface area contributed by atoms with Gasteiger partial charge in [-0.05, 0) is 23.9 Å². The molecule has 0 radical (unpaired) electrons. The number of nitrogens with zero attached hydrogens (tertiary/aromatic N) is 1. The summed E-state index contributed by atoms with van der Waals surface area (Å²) in [7, 11) is 0. The maximum atomic E-state index is 13.1. The Morgan fingerprint density at radius 3 is 2.29 bits per heavy atom. The van der Waals surface area contributed by atoms with Crippen LogP contribution in [0.3, 0.4) is 0 Å². The number of para-hydroxylation sites is 1. The van der Waals surface area contributed by atoms with Crippen molar-refractivity contribution in [1.82, 2.24) is 4.98 Å². The summed E-state index contributed by atoms with van der Waals surface area (Å²) in [6.07, 6.45) is -6.41. The summed E-state index contributed by atoms with van der Waals surface area (Å²) in [5.41, 5.74) is 0.555. The van der Waals surface area contributed by atoms with Crippen molar-refractivity contribution < 1.29 is 35.5 Å². The summed E-state index contributed by atoms with van der Waals surface area (Å²) < 4.78 is 88.4. The average molecular weight is 409 g/mol. The van der Waals surface area contributed by atoms with Crippen LogP contribution in [0, 0.1) is 0 Å². The van der Waals surface area contributed by atoms with Gasteiger partial charge in [-0.25, -0.2) is 4.98 Å². The third-order valence-corrected chi connectivity index (χ3v) is 5.75. The molecule has 2 nitrogen and oxygen atoms in total. The second-order valence-corrected chi connectivity index (χ2v) is 7.72. The molecule has 12 heteroatoms. The Kier molecular flexibility index (Phi) is 5.40. The van der Waals surface area contributed by atoms with Crippen molar-refractivity contribution >= 4 is 50.2 Å². The fraction of sp³-hybridized carbons (Fsp3) is 0.333. The molecule has 1 aromatic carbocycles. The van der Waals surface area contributed by atoms with Crippen molar-refractivity contribution in [3.05, 3.63) is 24.3 Å². The zero-order valence-electron chi connectivity index (χ0n) is 11.2. The molecule has 132 valence electrons. The van der Waals surface area contributed by atoms with Crippen LogP contribution in [-0.2, 0) is 4.79 Å². The first kappa shape index (κ1) is 19.3. The van der Waals surface area contributed by atoms with E-state index in [0.717, 1.165) is 16.0 Å². The van der Waals surface area contributed by atoms with E-state index in [1.807, 2.05) is 0 Å². The van der Waals surface area contributed by atoms with Crippen molar-refractivity contribution in [2.75, 3.05) is 5.75 Å². The number of carbonyl (C=O) groups is 1. The summed E-state index contributed by atoms with van der Waals surface area (Å²) in [6, 6.07) is 6.75. The first-order valence-corrected chi connectivity index (χ1v) is 8.58. The molecule has 0 amide bonds. The van der Waals surface area contributed by atoms with E-state index in [1.165, 1.54) is 0 Å². The normalized spacial score (nSPS) is 13.5. The molecule has 0 saturated heterocycles. The standard InChI is InChI=1S/C12H6F7NOS3/c13-10(14,11(15,16)17)12(18,19)22-5-8(21)24-9-20-6-3-1-2-4-7(6)23-9/h1-4H,5H2. The first-order valence-electron chi connectivity index (χ1n) is 5.96. The molecule has 1 aromatic heterocycles. The Bertz CT molecular complexity index is 711. The number of alkyl halides is 7. The molecule has 0 aliphatic heterocycles. The Hall–Kier alpha value is -1.01. The van der Waals surface area contributed by atoms with Crippen molar-refractivity contribution in [1.29, 1.82) is 0 Å². The predicted octanol–water partition coefficient (Wildman–Crippen LogP) is 5.44. The molecule has 0 saturated carbocycles. The van der Waals surface area contributed by atoms with Crippen LogP contribution in [0.25, 0.3) is 10.2 Å². The summed E-state index contributed by atoms with van der Waals surface area (Å²) in [5, 5.41) is -6.45. The lowest BCUT2D eigenvalue weighted by Crippen LogP contribution is -2.50. The highest BCUT2D eigenvalue weighted by Crippen LogP contribution is 2.52. The molecule has 0 aliphatic carbocycles. The number of carbonyl (C=O) groups excluding carboxylic acids is 1. The monoisotopic (exact) mass is 409 g/mol. The maximum absolute atomic E-state index is 13.1. The molecule has 24 heavy (non-hydrogen) atoms. The fourth-order valence-corrected chi connectivity index (χ4v) is 4.19. The molecule has 0 fully saturated rings. The van der Waals surface area contributed by atoms with Crippen molar-refractivity contribution in [2.45, 2.75) is 21.7 Å². The molecule has 2 aromatic rings. The lowest BCUT2D eigenvalue weighted by atomic mass is 10.3. The predicted molar refractivity (Wildman–Crippen MR) is 78.9 cm³/mol. The molecule has 2 rings (SSSR count). The van der Waals surface area contributed by atoms with Gasteiger partial charge < -0.3 is 0 Å². The highest BCUT2D eigenvalue weighted by Gasteiger charge is 2.73. The first-order chi connectivity index (χ1) is 10.9. The van der Waals surface area contributed by atoms with E-state index in [0.29, 0.717) is 17.3 Å². The molecule has 0 aliphatic rings. The molecular formula is C12H6F7NOS3. The smallest absolute Gasteiger partial charge is 0.286 e. The minimum Gasteiger partial charge on any atom is -0.286 e. The van der Waals surface area contributed by atoms with Crippen molar-refractivity contribution in [2.24, 2.45) is 0 Å². The zero-order valence-corrected chi connectivity index (χ0v) is 13.7. The Morgan fingerprint density at radius 1 is 1.08 bits per heavy atom. The van der Waals surface area contributed by atoms with E-state index in [-0.39, 0.29) is 4.34 Å². The highest BCUT2D eigenvalue weighted by atomic mass is 32.2. The van der Waals surface area contributed by atoms with Crippen LogP contribution in [0.4, 0.5) is 30.7 Å². The Labute approximate surface area is 142 Å². The van der Waals surface area contributed by atoms with Gasteiger partial charge in [-0.15, -0.1) is 11.3 Å². The van der Waals surface area contributed by atoms with Gasteiger partial charge in [0.25, 0.3) is 0 Å². The summed E-state index contributed by atoms with van der Waals surface area (Å²) >= 11 is 0.441. The van der Waals surface area contributed by atoms with Crippen LogP contribution in [-0.4, -0.2) is 33.2 Å². The number of benzene rings is 1. The van der Waals surface area contributed by atoms with E-state index in [4.69, 9.17) is 0 Å². The van der Waals surface area contributed by atoms with Crippen LogP contribution in [0.5, 0.6) is 0 Å². The van der Waals surface area contributed by atoms with Crippen LogP contribution < -0.4 is 0 Å². The SMILES string of the molecule is O=C(CSC(F)(F)C(F)(F)C(F)(F)F)Sc1nc2ccccc2s1. The summed E-state index contributed by atoms with van der Waals surface area (Å²) in [6.45, 7) is 0. The Morgan fingerprint density at radius 2 is 1.71 bits per heavy atom. The van der Waals surface area contributed by atoms with Crippen molar-refractivity contribution in [3.8, 4) is 0 Å². The number of hydrogen-bond acceptors (Lipinski definition) is 5. The molecule has 0 bridgehead atoms. The second-order valence-electron chi connectivity index (χ2n) is 4.30. The van der Waals surface area contributed by atoms with Crippen LogP contribution in [0.15, 0.2) is 28.6 Å². The molecule has 1 heterocycles. The lowest BCUT2D eigenvalue weighted by Gasteiger charge is -2.27. The van der Waals surface area contributed by atoms with Gasteiger partial charge in [-0.3, -0.25) is 4.79 Å². The van der Waals surface area contributed by atoms with E-state index < -0.39 is 40.0 Å². The van der Waals surface area contributed by atoms with E-state index in [9.17, 15) is 35.5 Å². The average Bonchev–Trinajstić information content (AvgIpc) is 2.86. The zero-order chi connectivity index (χ0) is 18.2. The van der Waals surface area contributed by atoms with E-state index in [1.54, 1.807) is 24.3 Å². The molecular weight excluding hydrogens is 403 g/mol. The molecule has 0 unspecified atom stereocenters. The third-order valence-electron chi connectivity index (χ3n) is 2.57.